The van der Waals surface area contributed by atoms with Crippen LogP contribution < -0.4 is 5.32 Å². The molecule has 0 aromatic carbocycles. The fourth-order valence-corrected chi connectivity index (χ4v) is 2.54. The number of rotatable bonds is 1. The van der Waals surface area contributed by atoms with Gasteiger partial charge in [0.15, 0.2) is 5.65 Å². The number of nitrogens with one attached hydrogen (secondary N) is 1. The van der Waals surface area contributed by atoms with Crippen LogP contribution in [0.15, 0.2) is 12.3 Å². The molecular weight excluding hydrogens is 224 g/mol. The summed E-state index contributed by atoms with van der Waals surface area (Å²) in [6, 6.07) is 2.12. The topological polar surface area (TPSA) is 42.2 Å². The zero-order valence-electron chi connectivity index (χ0n) is 11.3. The van der Waals surface area contributed by atoms with Crippen LogP contribution in [0.2, 0.25) is 0 Å². The van der Waals surface area contributed by atoms with E-state index in [1.807, 2.05) is 10.7 Å². The summed E-state index contributed by atoms with van der Waals surface area (Å²) in [7, 11) is 0. The summed E-state index contributed by atoms with van der Waals surface area (Å²) in [5.74, 6) is 0. The second-order valence-electron chi connectivity index (χ2n) is 6.30. The van der Waals surface area contributed by atoms with E-state index >= 15 is 0 Å². The maximum absolute atomic E-state index is 4.74. The monoisotopic (exact) mass is 244 g/mol. The van der Waals surface area contributed by atoms with E-state index in [0.29, 0.717) is 0 Å². The van der Waals surface area contributed by atoms with E-state index < -0.39 is 0 Å². The van der Waals surface area contributed by atoms with Gasteiger partial charge in [0, 0.05) is 37.3 Å². The lowest BCUT2D eigenvalue weighted by Gasteiger charge is -2.17. The van der Waals surface area contributed by atoms with Gasteiger partial charge in [-0.15, -0.1) is 0 Å². The quantitative estimate of drug-likeness (QED) is 0.834. The molecule has 18 heavy (non-hydrogen) atoms. The summed E-state index contributed by atoms with van der Waals surface area (Å²) in [6.07, 6.45) is 4.01. The third-order valence-corrected chi connectivity index (χ3v) is 3.29. The van der Waals surface area contributed by atoms with Gasteiger partial charge in [-0.3, -0.25) is 0 Å². The van der Waals surface area contributed by atoms with Gasteiger partial charge in [-0.05, 0) is 11.8 Å². The number of hydrogen-bond donors (Lipinski definition) is 1. The van der Waals surface area contributed by atoms with Crippen LogP contribution in [0.5, 0.6) is 0 Å². The van der Waals surface area contributed by atoms with Crippen LogP contribution in [0.3, 0.4) is 0 Å². The molecule has 4 heteroatoms. The second-order valence-corrected chi connectivity index (χ2v) is 6.30. The van der Waals surface area contributed by atoms with E-state index in [0.717, 1.165) is 37.3 Å². The Morgan fingerprint density at radius 1 is 1.39 bits per heavy atom. The van der Waals surface area contributed by atoms with Gasteiger partial charge in [0.2, 0.25) is 0 Å². The lowest BCUT2D eigenvalue weighted by Crippen LogP contribution is -2.26. The van der Waals surface area contributed by atoms with Gasteiger partial charge in [-0.2, -0.15) is 5.10 Å². The molecule has 3 rings (SSSR count). The van der Waals surface area contributed by atoms with Gasteiger partial charge in [0.25, 0.3) is 0 Å². The molecule has 96 valence electrons. The Labute approximate surface area is 107 Å². The van der Waals surface area contributed by atoms with Crippen LogP contribution in [0.1, 0.15) is 37.7 Å². The number of nitrogens with zero attached hydrogens (tertiary/aromatic N) is 3. The van der Waals surface area contributed by atoms with E-state index in [4.69, 9.17) is 5.10 Å². The van der Waals surface area contributed by atoms with Crippen molar-refractivity contribution in [1.82, 2.24) is 19.9 Å². The highest BCUT2D eigenvalue weighted by molar-refractivity contribution is 5.43. The first kappa shape index (κ1) is 11.7. The zero-order chi connectivity index (χ0) is 12.8. The van der Waals surface area contributed by atoms with Crippen molar-refractivity contribution in [3.05, 3.63) is 29.2 Å². The van der Waals surface area contributed by atoms with Crippen molar-refractivity contribution >= 4 is 5.65 Å². The third kappa shape index (κ3) is 2.12. The molecule has 0 saturated carbocycles. The van der Waals surface area contributed by atoms with Crippen molar-refractivity contribution < 1.29 is 0 Å². The van der Waals surface area contributed by atoms with Crippen molar-refractivity contribution in [2.24, 2.45) is 5.41 Å². The summed E-state index contributed by atoms with van der Waals surface area (Å²) in [5.41, 5.74) is 4.98. The highest BCUT2D eigenvalue weighted by Gasteiger charge is 2.17. The zero-order valence-corrected chi connectivity index (χ0v) is 11.3. The van der Waals surface area contributed by atoms with Gasteiger partial charge in [0.05, 0.1) is 11.4 Å². The SMILES string of the molecule is CC(C)(C)Cc1cc2ncc3c(n2n1)CCNC3. The average molecular weight is 244 g/mol. The Bertz CT molecular complexity index is 577. The molecule has 1 aliphatic heterocycles. The van der Waals surface area contributed by atoms with Crippen molar-refractivity contribution in [2.75, 3.05) is 6.54 Å². The molecule has 0 amide bonds. The first-order chi connectivity index (χ1) is 8.53. The third-order valence-electron chi connectivity index (χ3n) is 3.29. The molecule has 0 spiro atoms. The molecule has 1 aliphatic rings. The lowest BCUT2D eigenvalue weighted by atomic mass is 9.91. The van der Waals surface area contributed by atoms with Crippen LogP contribution in [0.4, 0.5) is 0 Å². The molecule has 0 bridgehead atoms. The molecule has 0 aliphatic carbocycles. The molecule has 3 heterocycles. The molecule has 0 atom stereocenters. The second kappa shape index (κ2) is 4.05. The summed E-state index contributed by atoms with van der Waals surface area (Å²) in [5, 5.41) is 8.11. The predicted octanol–water partition coefficient (Wildman–Crippen LogP) is 1.96. The van der Waals surface area contributed by atoms with Crippen molar-refractivity contribution in [3.63, 3.8) is 0 Å². The molecule has 2 aromatic rings. The highest BCUT2D eigenvalue weighted by Crippen LogP contribution is 2.22. The first-order valence-corrected chi connectivity index (χ1v) is 6.59. The average Bonchev–Trinajstić information content (AvgIpc) is 2.69. The summed E-state index contributed by atoms with van der Waals surface area (Å²) >= 11 is 0. The van der Waals surface area contributed by atoms with Gasteiger partial charge in [-0.25, -0.2) is 9.50 Å². The van der Waals surface area contributed by atoms with Crippen molar-refractivity contribution in [3.8, 4) is 0 Å². The Morgan fingerprint density at radius 2 is 2.22 bits per heavy atom. The Morgan fingerprint density at radius 3 is 3.00 bits per heavy atom. The molecule has 0 fully saturated rings. The van der Waals surface area contributed by atoms with E-state index in [1.54, 1.807) is 0 Å². The maximum atomic E-state index is 4.74. The summed E-state index contributed by atoms with van der Waals surface area (Å²) < 4.78 is 2.04. The standard InChI is InChI=1S/C14H20N4/c1-14(2,3)7-11-6-13-16-9-10-8-15-5-4-12(10)18(13)17-11/h6,9,15H,4-5,7-8H2,1-3H3. The molecule has 2 aromatic heterocycles. The molecule has 0 unspecified atom stereocenters. The Hall–Kier alpha value is -1.42. The first-order valence-electron chi connectivity index (χ1n) is 6.59. The lowest BCUT2D eigenvalue weighted by molar-refractivity contribution is 0.405. The van der Waals surface area contributed by atoms with Crippen LogP contribution in [-0.4, -0.2) is 21.1 Å². The molecule has 0 radical (unpaired) electrons. The van der Waals surface area contributed by atoms with Crippen LogP contribution in [0, 0.1) is 5.41 Å². The fourth-order valence-electron chi connectivity index (χ4n) is 2.54. The Balaban J connectivity index is 2.06. The predicted molar refractivity (Wildman–Crippen MR) is 71.6 cm³/mol. The van der Waals surface area contributed by atoms with Crippen LogP contribution in [0.25, 0.3) is 5.65 Å². The van der Waals surface area contributed by atoms with Crippen LogP contribution >= 0.6 is 0 Å². The Kier molecular flexibility index (Phi) is 2.63. The highest BCUT2D eigenvalue weighted by atomic mass is 15.3. The molecule has 0 saturated heterocycles. The number of aromatic nitrogens is 3. The van der Waals surface area contributed by atoms with E-state index in [-0.39, 0.29) is 5.41 Å². The normalized spacial score (nSPS) is 15.9. The minimum atomic E-state index is 0.263. The number of hydrogen-bond acceptors (Lipinski definition) is 3. The van der Waals surface area contributed by atoms with Gasteiger partial charge in [-0.1, -0.05) is 20.8 Å². The molecule has 4 nitrogen and oxygen atoms in total. The minimum absolute atomic E-state index is 0.263. The van der Waals surface area contributed by atoms with Crippen molar-refractivity contribution in [1.29, 1.82) is 0 Å². The van der Waals surface area contributed by atoms with E-state index in [2.05, 4.69) is 37.1 Å². The van der Waals surface area contributed by atoms with Crippen LogP contribution in [-0.2, 0) is 19.4 Å². The summed E-state index contributed by atoms with van der Waals surface area (Å²) in [6.45, 7) is 8.66. The minimum Gasteiger partial charge on any atom is -0.312 e. The fraction of sp³-hybridized carbons (Fsp3) is 0.571. The van der Waals surface area contributed by atoms with Gasteiger partial charge < -0.3 is 5.32 Å². The van der Waals surface area contributed by atoms with Crippen molar-refractivity contribution in [2.45, 2.75) is 40.2 Å². The number of fused-ring (bicyclic) bond motifs is 3. The largest absolute Gasteiger partial charge is 0.312 e. The summed E-state index contributed by atoms with van der Waals surface area (Å²) in [4.78, 5) is 4.51. The van der Waals surface area contributed by atoms with E-state index in [9.17, 15) is 0 Å². The van der Waals surface area contributed by atoms with Gasteiger partial charge in [0.1, 0.15) is 0 Å². The van der Waals surface area contributed by atoms with E-state index in [1.165, 1.54) is 11.3 Å². The van der Waals surface area contributed by atoms with Gasteiger partial charge >= 0.3 is 0 Å². The molecule has 1 N–H and O–H groups in total. The maximum Gasteiger partial charge on any atom is 0.155 e. The smallest absolute Gasteiger partial charge is 0.155 e. The molecular formula is C14H20N4.